The van der Waals surface area contributed by atoms with E-state index in [0.717, 1.165) is 4.88 Å². The number of aliphatic hydroxyl groups is 1. The Morgan fingerprint density at radius 2 is 2.25 bits per heavy atom. The first-order valence-corrected chi connectivity index (χ1v) is 9.38. The fourth-order valence-corrected chi connectivity index (χ4v) is 3.43. The van der Waals surface area contributed by atoms with Gasteiger partial charge in [-0.15, -0.1) is 23.1 Å². The number of nitrogens with zero attached hydrogens (tertiary/aromatic N) is 1. The molecule has 1 unspecified atom stereocenters. The van der Waals surface area contributed by atoms with Gasteiger partial charge in [0.25, 0.3) is 5.91 Å². The summed E-state index contributed by atoms with van der Waals surface area (Å²) in [4.78, 5) is 17.4. The lowest BCUT2D eigenvalue weighted by atomic mass is 10.2. The molecule has 1 amide bonds. The summed E-state index contributed by atoms with van der Waals surface area (Å²) in [5.41, 5.74) is 0.496. The predicted octanol–water partition coefficient (Wildman–Crippen LogP) is 3.59. The predicted molar refractivity (Wildman–Crippen MR) is 95.3 cm³/mol. The SMILES string of the molecule is CSc1ncccc1C(=O)NCC(O)c1ccc(-c2cccs2)o1. The van der Waals surface area contributed by atoms with Crippen molar-refractivity contribution in [2.75, 3.05) is 12.8 Å². The summed E-state index contributed by atoms with van der Waals surface area (Å²) in [5, 5.41) is 15.6. The minimum absolute atomic E-state index is 0.0684. The fourth-order valence-electron chi connectivity index (χ4n) is 2.19. The van der Waals surface area contributed by atoms with E-state index in [1.54, 1.807) is 35.7 Å². The van der Waals surface area contributed by atoms with Crippen LogP contribution in [0, 0.1) is 0 Å². The molecule has 7 heteroatoms. The molecule has 2 N–H and O–H groups in total. The smallest absolute Gasteiger partial charge is 0.254 e. The van der Waals surface area contributed by atoms with Gasteiger partial charge >= 0.3 is 0 Å². The number of hydrogen-bond acceptors (Lipinski definition) is 6. The average molecular weight is 360 g/mol. The summed E-state index contributed by atoms with van der Waals surface area (Å²) in [5.74, 6) is 0.869. The van der Waals surface area contributed by atoms with Crippen molar-refractivity contribution in [3.8, 4) is 10.6 Å². The van der Waals surface area contributed by atoms with Gasteiger partial charge in [-0.1, -0.05) is 6.07 Å². The van der Waals surface area contributed by atoms with E-state index >= 15 is 0 Å². The Morgan fingerprint density at radius 1 is 1.38 bits per heavy atom. The number of nitrogens with one attached hydrogen (secondary N) is 1. The summed E-state index contributed by atoms with van der Waals surface area (Å²) in [6, 6.07) is 10.9. The van der Waals surface area contributed by atoms with Crippen LogP contribution in [0.15, 0.2) is 57.4 Å². The van der Waals surface area contributed by atoms with Gasteiger partial charge in [0, 0.05) is 6.20 Å². The molecule has 1 atom stereocenters. The van der Waals surface area contributed by atoms with E-state index in [4.69, 9.17) is 4.42 Å². The highest BCUT2D eigenvalue weighted by Gasteiger charge is 2.17. The molecule has 3 aromatic heterocycles. The number of carbonyl (C=O) groups is 1. The minimum Gasteiger partial charge on any atom is -0.457 e. The second-order valence-electron chi connectivity index (χ2n) is 4.97. The highest BCUT2D eigenvalue weighted by Crippen LogP contribution is 2.28. The van der Waals surface area contributed by atoms with Crippen molar-refractivity contribution in [3.63, 3.8) is 0 Å². The van der Waals surface area contributed by atoms with Crippen molar-refractivity contribution in [2.45, 2.75) is 11.1 Å². The first-order chi connectivity index (χ1) is 11.7. The molecule has 3 rings (SSSR count). The third-order valence-electron chi connectivity index (χ3n) is 3.38. The zero-order valence-corrected chi connectivity index (χ0v) is 14.6. The Balaban J connectivity index is 1.63. The van der Waals surface area contributed by atoms with Gasteiger partial charge in [0.1, 0.15) is 22.7 Å². The lowest BCUT2D eigenvalue weighted by molar-refractivity contribution is 0.0898. The van der Waals surface area contributed by atoms with Gasteiger partial charge in [0.15, 0.2) is 0 Å². The van der Waals surface area contributed by atoms with Gasteiger partial charge in [-0.25, -0.2) is 4.98 Å². The van der Waals surface area contributed by atoms with Crippen molar-refractivity contribution in [1.29, 1.82) is 0 Å². The molecule has 0 saturated heterocycles. The Morgan fingerprint density at radius 3 is 3.00 bits per heavy atom. The van der Waals surface area contributed by atoms with E-state index < -0.39 is 6.10 Å². The number of thioether (sulfide) groups is 1. The molecular weight excluding hydrogens is 344 g/mol. The molecule has 0 aliphatic rings. The number of thiophene rings is 1. The van der Waals surface area contributed by atoms with Crippen LogP contribution in [0.3, 0.4) is 0 Å². The van der Waals surface area contributed by atoms with Crippen molar-refractivity contribution in [1.82, 2.24) is 10.3 Å². The number of amides is 1. The molecule has 0 aromatic carbocycles. The molecule has 124 valence electrons. The third-order valence-corrected chi connectivity index (χ3v) is 4.98. The number of rotatable bonds is 6. The second kappa shape index (κ2) is 7.65. The van der Waals surface area contributed by atoms with Crippen LogP contribution < -0.4 is 5.32 Å². The average Bonchev–Trinajstić information content (AvgIpc) is 3.30. The molecule has 5 nitrogen and oxygen atoms in total. The molecule has 24 heavy (non-hydrogen) atoms. The van der Waals surface area contributed by atoms with E-state index in [2.05, 4.69) is 10.3 Å². The van der Waals surface area contributed by atoms with Crippen molar-refractivity contribution >= 4 is 29.0 Å². The molecule has 3 aromatic rings. The minimum atomic E-state index is -0.905. The van der Waals surface area contributed by atoms with E-state index in [1.807, 2.05) is 29.8 Å². The topological polar surface area (TPSA) is 75.4 Å². The maximum absolute atomic E-state index is 12.2. The molecule has 0 spiro atoms. The quantitative estimate of drug-likeness (QED) is 0.657. The lowest BCUT2D eigenvalue weighted by Crippen LogP contribution is -2.28. The molecule has 0 aliphatic carbocycles. The molecule has 0 saturated carbocycles. The molecule has 0 aliphatic heterocycles. The van der Waals surface area contributed by atoms with E-state index in [1.165, 1.54) is 11.8 Å². The maximum atomic E-state index is 12.2. The molecular formula is C17H16N2O3S2. The highest BCUT2D eigenvalue weighted by atomic mass is 32.2. The van der Waals surface area contributed by atoms with Crippen LogP contribution in [0.2, 0.25) is 0 Å². The van der Waals surface area contributed by atoms with Crippen molar-refractivity contribution in [2.24, 2.45) is 0 Å². The van der Waals surface area contributed by atoms with Crippen molar-refractivity contribution < 1.29 is 14.3 Å². The highest BCUT2D eigenvalue weighted by molar-refractivity contribution is 7.98. The second-order valence-corrected chi connectivity index (χ2v) is 6.71. The number of hydrogen-bond donors (Lipinski definition) is 2. The Hall–Kier alpha value is -2.09. The fraction of sp³-hybridized carbons (Fsp3) is 0.176. The maximum Gasteiger partial charge on any atom is 0.254 e. The summed E-state index contributed by atoms with van der Waals surface area (Å²) < 4.78 is 5.67. The molecule has 0 radical (unpaired) electrons. The lowest BCUT2D eigenvalue weighted by Gasteiger charge is -2.11. The van der Waals surface area contributed by atoms with Crippen LogP contribution in [-0.4, -0.2) is 28.8 Å². The zero-order chi connectivity index (χ0) is 16.9. The summed E-state index contributed by atoms with van der Waals surface area (Å²) in [7, 11) is 0. The van der Waals surface area contributed by atoms with Crippen molar-refractivity contribution in [3.05, 3.63) is 59.3 Å². The number of pyridine rings is 1. The van der Waals surface area contributed by atoms with Gasteiger partial charge in [-0.2, -0.15) is 0 Å². The van der Waals surface area contributed by atoms with Crippen LogP contribution >= 0.6 is 23.1 Å². The molecule has 0 bridgehead atoms. The normalized spacial score (nSPS) is 12.1. The Kier molecular flexibility index (Phi) is 5.34. The van der Waals surface area contributed by atoms with Crippen LogP contribution in [-0.2, 0) is 0 Å². The molecule has 0 fully saturated rings. The monoisotopic (exact) mass is 360 g/mol. The van der Waals surface area contributed by atoms with Gasteiger partial charge in [0.2, 0.25) is 0 Å². The molecule has 3 heterocycles. The first-order valence-electron chi connectivity index (χ1n) is 7.28. The van der Waals surface area contributed by atoms with Crippen LogP contribution in [0.5, 0.6) is 0 Å². The van der Waals surface area contributed by atoms with E-state index in [-0.39, 0.29) is 12.5 Å². The number of carbonyl (C=O) groups excluding carboxylic acids is 1. The summed E-state index contributed by atoms with van der Waals surface area (Å²) >= 11 is 2.97. The Labute approximate surface area is 147 Å². The first kappa shape index (κ1) is 16.8. The van der Waals surface area contributed by atoms with Gasteiger partial charge < -0.3 is 14.8 Å². The van der Waals surface area contributed by atoms with Crippen LogP contribution in [0.4, 0.5) is 0 Å². The third kappa shape index (κ3) is 3.69. The zero-order valence-electron chi connectivity index (χ0n) is 12.9. The summed E-state index contributed by atoms with van der Waals surface area (Å²) in [6.45, 7) is 0.0684. The van der Waals surface area contributed by atoms with Crippen LogP contribution in [0.1, 0.15) is 22.2 Å². The number of aliphatic hydroxyl groups excluding tert-OH is 1. The number of furan rings is 1. The standard InChI is InChI=1S/C17H16N2O3S2/c1-23-17-11(4-2-8-18-17)16(21)19-10-12(20)13-6-7-14(22-13)15-5-3-9-24-15/h2-9,12,20H,10H2,1H3,(H,19,21). The van der Waals surface area contributed by atoms with Gasteiger partial charge in [0.05, 0.1) is 17.0 Å². The van der Waals surface area contributed by atoms with Gasteiger partial charge in [-0.3, -0.25) is 4.79 Å². The number of aromatic nitrogens is 1. The summed E-state index contributed by atoms with van der Waals surface area (Å²) in [6.07, 6.45) is 2.60. The van der Waals surface area contributed by atoms with E-state index in [0.29, 0.717) is 22.1 Å². The van der Waals surface area contributed by atoms with E-state index in [9.17, 15) is 9.90 Å². The largest absolute Gasteiger partial charge is 0.457 e. The van der Waals surface area contributed by atoms with Crippen LogP contribution in [0.25, 0.3) is 10.6 Å². The Bertz CT molecular complexity index is 815. The van der Waals surface area contributed by atoms with Gasteiger partial charge in [-0.05, 0) is 42.0 Å².